The molecule has 0 saturated heterocycles. The number of aryl methyl sites for hydroxylation is 1. The summed E-state index contributed by atoms with van der Waals surface area (Å²) in [5.74, 6) is 0.856. The summed E-state index contributed by atoms with van der Waals surface area (Å²) in [6.07, 6.45) is 0. The highest BCUT2D eigenvalue weighted by atomic mass is 79.9. The van der Waals surface area contributed by atoms with E-state index in [1.54, 1.807) is 0 Å². The molecule has 0 aliphatic heterocycles. The maximum Gasteiger partial charge on any atom is 0.279 e. The Kier molecular flexibility index (Phi) is 2.84. The first-order valence-electron chi connectivity index (χ1n) is 4.10. The summed E-state index contributed by atoms with van der Waals surface area (Å²) in [5.41, 5.74) is 1.11. The Labute approximate surface area is 94.7 Å². The molecule has 4 heteroatoms. The van der Waals surface area contributed by atoms with Gasteiger partial charge in [0.1, 0.15) is 10.4 Å². The van der Waals surface area contributed by atoms with Crippen LogP contribution >= 0.6 is 27.3 Å². The van der Waals surface area contributed by atoms with Gasteiger partial charge in [-0.25, -0.2) is 0 Å². The standard InChI is InChI=1S/C10H8BrNOS/c1-7-4-2-3-5-8(7)13-10-12-9(11)6-14-10/h2-6H,1H3. The fraction of sp³-hybridized carbons (Fsp3) is 0.100. The van der Waals surface area contributed by atoms with Crippen LogP contribution in [0.5, 0.6) is 10.9 Å². The maximum absolute atomic E-state index is 5.61. The molecule has 0 atom stereocenters. The highest BCUT2D eigenvalue weighted by molar-refractivity contribution is 9.10. The number of rotatable bonds is 2. The zero-order chi connectivity index (χ0) is 9.97. The molecular formula is C10H8BrNOS. The Morgan fingerprint density at radius 1 is 1.36 bits per heavy atom. The summed E-state index contributed by atoms with van der Waals surface area (Å²) in [5, 5.41) is 2.55. The molecule has 1 heterocycles. The molecule has 0 saturated carbocycles. The van der Waals surface area contributed by atoms with E-state index < -0.39 is 0 Å². The number of hydrogen-bond donors (Lipinski definition) is 0. The van der Waals surface area contributed by atoms with Crippen LogP contribution in [0.2, 0.25) is 0 Å². The van der Waals surface area contributed by atoms with Gasteiger partial charge in [0, 0.05) is 5.38 Å². The summed E-state index contributed by atoms with van der Waals surface area (Å²) in [4.78, 5) is 4.16. The normalized spacial score (nSPS) is 10.1. The van der Waals surface area contributed by atoms with Crippen molar-refractivity contribution in [2.24, 2.45) is 0 Å². The average molecular weight is 270 g/mol. The van der Waals surface area contributed by atoms with Crippen molar-refractivity contribution in [1.29, 1.82) is 0 Å². The lowest BCUT2D eigenvalue weighted by Crippen LogP contribution is -1.85. The molecule has 0 amide bonds. The van der Waals surface area contributed by atoms with Gasteiger partial charge in [-0.15, -0.1) is 0 Å². The van der Waals surface area contributed by atoms with E-state index in [2.05, 4.69) is 20.9 Å². The van der Waals surface area contributed by atoms with Crippen molar-refractivity contribution in [2.45, 2.75) is 6.92 Å². The van der Waals surface area contributed by atoms with Gasteiger partial charge in [-0.3, -0.25) is 0 Å². The predicted octanol–water partition coefficient (Wildman–Crippen LogP) is 4.01. The molecule has 0 aliphatic rings. The van der Waals surface area contributed by atoms with Crippen molar-refractivity contribution in [3.63, 3.8) is 0 Å². The first-order valence-corrected chi connectivity index (χ1v) is 5.77. The molecule has 0 fully saturated rings. The number of halogens is 1. The van der Waals surface area contributed by atoms with Crippen molar-refractivity contribution in [3.05, 3.63) is 39.8 Å². The van der Waals surface area contributed by atoms with Crippen LogP contribution in [0.15, 0.2) is 34.2 Å². The van der Waals surface area contributed by atoms with Crippen LogP contribution in [0.25, 0.3) is 0 Å². The van der Waals surface area contributed by atoms with Crippen LogP contribution in [0.1, 0.15) is 5.56 Å². The van der Waals surface area contributed by atoms with Crippen molar-refractivity contribution in [1.82, 2.24) is 4.98 Å². The summed E-state index contributed by atoms with van der Waals surface area (Å²) in [7, 11) is 0. The van der Waals surface area contributed by atoms with Gasteiger partial charge in [-0.1, -0.05) is 29.5 Å². The van der Waals surface area contributed by atoms with Crippen LogP contribution in [0.4, 0.5) is 0 Å². The molecule has 0 N–H and O–H groups in total. The van der Waals surface area contributed by atoms with E-state index in [-0.39, 0.29) is 0 Å². The first-order chi connectivity index (χ1) is 6.75. The molecule has 1 aromatic carbocycles. The second-order valence-corrected chi connectivity index (χ2v) is 4.44. The Hall–Kier alpha value is -0.870. The summed E-state index contributed by atoms with van der Waals surface area (Å²) in [6, 6.07) is 7.88. The summed E-state index contributed by atoms with van der Waals surface area (Å²) < 4.78 is 6.42. The molecule has 0 bridgehead atoms. The minimum Gasteiger partial charge on any atom is -0.431 e. The van der Waals surface area contributed by atoms with Gasteiger partial charge in [0.05, 0.1) is 0 Å². The molecule has 0 aliphatic carbocycles. The van der Waals surface area contributed by atoms with Crippen LogP contribution in [-0.2, 0) is 0 Å². The molecule has 0 unspecified atom stereocenters. The lowest BCUT2D eigenvalue weighted by Gasteiger charge is -2.03. The van der Waals surface area contributed by atoms with Crippen LogP contribution in [0, 0.1) is 6.92 Å². The number of nitrogens with zero attached hydrogens (tertiary/aromatic N) is 1. The zero-order valence-corrected chi connectivity index (χ0v) is 9.93. The van der Waals surface area contributed by atoms with Crippen LogP contribution in [-0.4, -0.2) is 4.98 Å². The maximum atomic E-state index is 5.61. The van der Waals surface area contributed by atoms with Gasteiger partial charge in [0.2, 0.25) is 0 Å². The van der Waals surface area contributed by atoms with Crippen LogP contribution < -0.4 is 4.74 Å². The Balaban J connectivity index is 2.23. The second-order valence-electron chi connectivity index (χ2n) is 2.80. The Bertz CT molecular complexity index is 441. The second kappa shape index (κ2) is 4.11. The van der Waals surface area contributed by atoms with Crippen molar-refractivity contribution in [3.8, 4) is 10.9 Å². The third-order valence-electron chi connectivity index (χ3n) is 1.75. The van der Waals surface area contributed by atoms with Gasteiger partial charge >= 0.3 is 0 Å². The van der Waals surface area contributed by atoms with E-state index in [1.165, 1.54) is 11.3 Å². The molecule has 14 heavy (non-hydrogen) atoms. The van der Waals surface area contributed by atoms with E-state index in [1.807, 2.05) is 36.6 Å². The third kappa shape index (κ3) is 2.13. The number of para-hydroxylation sites is 1. The van der Waals surface area contributed by atoms with Gasteiger partial charge in [-0.2, -0.15) is 4.98 Å². The molecule has 0 spiro atoms. The number of ether oxygens (including phenoxy) is 1. The van der Waals surface area contributed by atoms with Gasteiger partial charge in [0.25, 0.3) is 5.19 Å². The van der Waals surface area contributed by atoms with E-state index in [4.69, 9.17) is 4.74 Å². The largest absolute Gasteiger partial charge is 0.431 e. The Morgan fingerprint density at radius 3 is 2.79 bits per heavy atom. The van der Waals surface area contributed by atoms with Gasteiger partial charge in [-0.05, 0) is 34.5 Å². The highest BCUT2D eigenvalue weighted by Crippen LogP contribution is 2.28. The van der Waals surface area contributed by atoms with Gasteiger partial charge in [0.15, 0.2) is 0 Å². The molecule has 1 aromatic heterocycles. The highest BCUT2D eigenvalue weighted by Gasteiger charge is 2.03. The monoisotopic (exact) mass is 269 g/mol. The van der Waals surface area contributed by atoms with Gasteiger partial charge < -0.3 is 4.74 Å². The van der Waals surface area contributed by atoms with Crippen LogP contribution in [0.3, 0.4) is 0 Å². The molecule has 0 radical (unpaired) electrons. The zero-order valence-electron chi connectivity index (χ0n) is 7.53. The number of aromatic nitrogens is 1. The third-order valence-corrected chi connectivity index (χ3v) is 3.17. The molecule has 2 aromatic rings. The lowest BCUT2D eigenvalue weighted by atomic mass is 10.2. The quantitative estimate of drug-likeness (QED) is 0.822. The van der Waals surface area contributed by atoms with Crippen molar-refractivity contribution < 1.29 is 4.74 Å². The van der Waals surface area contributed by atoms with E-state index in [9.17, 15) is 0 Å². The van der Waals surface area contributed by atoms with Crippen molar-refractivity contribution in [2.75, 3.05) is 0 Å². The average Bonchev–Trinajstić information content (AvgIpc) is 2.56. The Morgan fingerprint density at radius 2 is 2.14 bits per heavy atom. The minimum atomic E-state index is 0.658. The molecule has 2 nitrogen and oxygen atoms in total. The SMILES string of the molecule is Cc1ccccc1Oc1nc(Br)cs1. The fourth-order valence-electron chi connectivity index (χ4n) is 1.05. The van der Waals surface area contributed by atoms with E-state index in [0.717, 1.165) is 15.9 Å². The van der Waals surface area contributed by atoms with E-state index in [0.29, 0.717) is 5.19 Å². The van der Waals surface area contributed by atoms with Crippen molar-refractivity contribution >= 4 is 27.3 Å². The fourth-order valence-corrected chi connectivity index (χ4v) is 2.15. The van der Waals surface area contributed by atoms with E-state index >= 15 is 0 Å². The topological polar surface area (TPSA) is 22.1 Å². The molecular weight excluding hydrogens is 262 g/mol. The summed E-state index contributed by atoms with van der Waals surface area (Å²) >= 11 is 4.76. The smallest absolute Gasteiger partial charge is 0.279 e. The minimum absolute atomic E-state index is 0.658. The molecule has 2 rings (SSSR count). The number of benzene rings is 1. The first kappa shape index (κ1) is 9.68. The number of thiazole rings is 1. The number of hydrogen-bond acceptors (Lipinski definition) is 3. The predicted molar refractivity (Wildman–Crippen MR) is 61.1 cm³/mol. The summed E-state index contributed by atoms with van der Waals surface area (Å²) in [6.45, 7) is 2.01. The molecule has 72 valence electrons. The lowest BCUT2D eigenvalue weighted by molar-refractivity contribution is 0.474.